The van der Waals surface area contributed by atoms with Gasteiger partial charge in [0.1, 0.15) is 22.7 Å². The number of rotatable bonds is 10. The van der Waals surface area contributed by atoms with E-state index in [0.29, 0.717) is 17.9 Å². The smallest absolute Gasteiger partial charge is 0.443 e. The van der Waals surface area contributed by atoms with Crippen LogP contribution in [0.3, 0.4) is 0 Å². The highest BCUT2D eigenvalue weighted by Crippen LogP contribution is 2.72. The van der Waals surface area contributed by atoms with Gasteiger partial charge in [-0.25, -0.2) is 0 Å². The lowest BCUT2D eigenvalue weighted by Gasteiger charge is -2.65. The maximum atomic E-state index is 13.7. The molecule has 4 aliphatic carbocycles. The second kappa shape index (κ2) is 9.37. The van der Waals surface area contributed by atoms with Gasteiger partial charge in [0.15, 0.2) is 0 Å². The largest absolute Gasteiger partial charge is 0.556 e. The van der Waals surface area contributed by atoms with Crippen LogP contribution >= 0.6 is 16.1 Å². The molecule has 4 fully saturated rings. The van der Waals surface area contributed by atoms with Crippen molar-refractivity contribution in [3.63, 3.8) is 0 Å². The van der Waals surface area contributed by atoms with E-state index in [1.54, 1.807) is 0 Å². The summed E-state index contributed by atoms with van der Waals surface area (Å²) in [5.74, 6) is 1.32. The number of hydrogen-bond acceptors (Lipinski definition) is 6. The lowest BCUT2D eigenvalue weighted by atomic mass is 9.42. The number of para-hydroxylation sites is 2. The molecule has 38 heavy (non-hydrogen) atoms. The van der Waals surface area contributed by atoms with Gasteiger partial charge < -0.3 is 9.47 Å². The predicted molar refractivity (Wildman–Crippen MR) is 149 cm³/mol. The Morgan fingerprint density at radius 2 is 0.921 bits per heavy atom. The molecule has 0 heterocycles. The zero-order valence-electron chi connectivity index (χ0n) is 23.4. The zero-order valence-corrected chi connectivity index (χ0v) is 25.1. The second-order valence-corrected chi connectivity index (χ2v) is 17.0. The van der Waals surface area contributed by atoms with Crippen molar-refractivity contribution in [2.75, 3.05) is 0 Å². The molecule has 0 radical (unpaired) electrons. The highest BCUT2D eigenvalue weighted by atomic mass is 31.1. The van der Waals surface area contributed by atoms with Crippen molar-refractivity contribution in [3.05, 3.63) is 60.7 Å². The van der Waals surface area contributed by atoms with E-state index >= 15 is 0 Å². The van der Waals surface area contributed by atoms with Crippen LogP contribution in [0.4, 0.5) is 0 Å². The van der Waals surface area contributed by atoms with Crippen molar-refractivity contribution < 1.29 is 27.7 Å². The summed E-state index contributed by atoms with van der Waals surface area (Å²) < 4.78 is 52.9. The first-order valence-electron chi connectivity index (χ1n) is 13.5. The number of hydrogen-bond donors (Lipinski definition) is 0. The molecule has 2 unspecified atom stereocenters. The molecule has 0 amide bonds. The van der Waals surface area contributed by atoms with E-state index < -0.39 is 37.9 Å². The average Bonchev–Trinajstić information content (AvgIpc) is 2.76. The first-order valence-corrected chi connectivity index (χ1v) is 15.8. The molecule has 0 N–H and O–H groups in total. The Balaban J connectivity index is 1.37. The maximum Gasteiger partial charge on any atom is 0.556 e. The summed E-state index contributed by atoms with van der Waals surface area (Å²) in [5, 5.41) is -2.01. The van der Waals surface area contributed by atoms with Gasteiger partial charge in [0.2, 0.25) is 0 Å². The van der Waals surface area contributed by atoms with Gasteiger partial charge >= 0.3 is 26.7 Å². The highest BCUT2D eigenvalue weighted by Gasteiger charge is 2.72. The van der Waals surface area contributed by atoms with Crippen LogP contribution < -0.4 is 9.47 Å². The van der Waals surface area contributed by atoms with Crippen LogP contribution in [0, 0.1) is 10.8 Å². The van der Waals surface area contributed by atoms with E-state index in [4.69, 9.17) is 18.5 Å². The summed E-state index contributed by atoms with van der Waals surface area (Å²) in [6, 6.07) is 18.8. The van der Waals surface area contributed by atoms with Crippen LogP contribution in [0.15, 0.2) is 60.7 Å². The van der Waals surface area contributed by atoms with Crippen molar-refractivity contribution in [2.45, 2.75) is 102 Å². The second-order valence-electron chi connectivity index (χ2n) is 13.5. The Bertz CT molecular complexity index is 1100. The molecule has 4 aliphatic rings. The summed E-state index contributed by atoms with van der Waals surface area (Å²) >= 11 is 0. The Morgan fingerprint density at radius 3 is 1.26 bits per heavy atom. The minimum absolute atomic E-state index is 0.0509. The molecule has 204 valence electrons. The van der Waals surface area contributed by atoms with Gasteiger partial charge in [-0.05, 0) is 76.3 Å². The predicted octanol–water partition coefficient (Wildman–Crippen LogP) is 9.01. The van der Waals surface area contributed by atoms with E-state index in [1.807, 2.05) is 88.4 Å². The molecule has 0 aliphatic heterocycles. The summed E-state index contributed by atoms with van der Waals surface area (Å²) in [6.07, 6.45) is 4.86. The third-order valence-electron chi connectivity index (χ3n) is 8.15. The molecule has 2 atom stereocenters. The third kappa shape index (κ3) is 5.56. The van der Waals surface area contributed by atoms with E-state index in [1.165, 1.54) is 0 Å². The van der Waals surface area contributed by atoms with Crippen molar-refractivity contribution in [2.24, 2.45) is 10.8 Å². The van der Waals surface area contributed by atoms with E-state index in [9.17, 15) is 9.13 Å². The fraction of sp³-hybridized carbons (Fsp3) is 0.600. The average molecular weight is 559 g/mol. The monoisotopic (exact) mass is 558 g/mol. The molecule has 8 heteroatoms. The van der Waals surface area contributed by atoms with E-state index in [2.05, 4.69) is 13.8 Å². The Hall–Kier alpha value is -1.84. The summed E-state index contributed by atoms with van der Waals surface area (Å²) in [5.41, 5.74) is -1.34. The van der Waals surface area contributed by atoms with Gasteiger partial charge in [-0.1, -0.05) is 50.2 Å². The molecule has 4 saturated carbocycles. The zero-order chi connectivity index (χ0) is 27.5. The first kappa shape index (κ1) is 27.7. The lowest BCUT2D eigenvalue weighted by molar-refractivity contribution is -0.232. The standard InChI is InChI=1S/C30H40O6P2/c1-25(2,33-23-13-9-7-10-14-23)37(31)35-29-18-27(5)17-28(6,19-29)21-30(20-27,22-29)36-38(32)26(3,4)34-24-15-11-8-12-16-24/h7-16H,17-22H2,1-6H3/q+2. The quantitative estimate of drug-likeness (QED) is 0.271. The van der Waals surface area contributed by atoms with E-state index in [-0.39, 0.29) is 10.8 Å². The Kier molecular flexibility index (Phi) is 6.84. The van der Waals surface area contributed by atoms with Crippen LogP contribution in [-0.4, -0.2) is 21.9 Å². The van der Waals surface area contributed by atoms with Crippen LogP contribution in [0.2, 0.25) is 0 Å². The molecule has 2 aromatic carbocycles. The van der Waals surface area contributed by atoms with Gasteiger partial charge in [0.05, 0.1) is 0 Å². The first-order chi connectivity index (χ1) is 17.7. The Labute approximate surface area is 228 Å². The van der Waals surface area contributed by atoms with Crippen LogP contribution in [0.25, 0.3) is 0 Å². The summed E-state index contributed by atoms with van der Waals surface area (Å²) in [4.78, 5) is 0. The van der Waals surface area contributed by atoms with Crippen molar-refractivity contribution >= 4 is 16.1 Å². The van der Waals surface area contributed by atoms with E-state index in [0.717, 1.165) is 32.1 Å². The van der Waals surface area contributed by atoms with Crippen molar-refractivity contribution in [3.8, 4) is 11.5 Å². The maximum absolute atomic E-state index is 13.7. The minimum atomic E-state index is -2.18. The topological polar surface area (TPSA) is 71.1 Å². The number of benzene rings is 2. The molecular formula is C30H40O6P2+2. The molecule has 6 rings (SSSR count). The third-order valence-corrected chi connectivity index (χ3v) is 11.2. The normalized spacial score (nSPS) is 33.1. The van der Waals surface area contributed by atoms with Crippen LogP contribution in [0.1, 0.15) is 80.1 Å². The molecule has 2 aromatic rings. The molecule has 6 nitrogen and oxygen atoms in total. The fourth-order valence-electron chi connectivity index (χ4n) is 7.87. The van der Waals surface area contributed by atoms with Gasteiger partial charge in [0, 0.05) is 34.1 Å². The number of ether oxygens (including phenoxy) is 2. The van der Waals surface area contributed by atoms with Gasteiger partial charge in [-0.15, -0.1) is 9.05 Å². The van der Waals surface area contributed by atoms with Crippen LogP contribution in [0.5, 0.6) is 11.5 Å². The fourth-order valence-corrected chi connectivity index (χ4v) is 9.76. The summed E-state index contributed by atoms with van der Waals surface area (Å²) in [7, 11) is -4.35. The molecule has 4 bridgehead atoms. The minimum Gasteiger partial charge on any atom is -0.443 e. The summed E-state index contributed by atoms with van der Waals surface area (Å²) in [6.45, 7) is 11.8. The SMILES string of the molecule is CC12CC3(C)CC(O[P+](=O)C(C)(C)Oc4ccccc4)(C1)CC(O[P+](=O)C(C)(C)Oc1ccccc1)(C2)C3. The van der Waals surface area contributed by atoms with Crippen LogP contribution in [-0.2, 0) is 18.2 Å². The molecular weight excluding hydrogens is 518 g/mol. The Morgan fingerprint density at radius 1 is 0.579 bits per heavy atom. The van der Waals surface area contributed by atoms with Crippen molar-refractivity contribution in [1.82, 2.24) is 0 Å². The van der Waals surface area contributed by atoms with Gasteiger partial charge in [-0.2, -0.15) is 0 Å². The molecule has 0 spiro atoms. The van der Waals surface area contributed by atoms with Gasteiger partial charge in [0.25, 0.3) is 0 Å². The van der Waals surface area contributed by atoms with Gasteiger partial charge in [-0.3, -0.25) is 0 Å². The molecule has 0 saturated heterocycles. The van der Waals surface area contributed by atoms with Crippen molar-refractivity contribution in [1.29, 1.82) is 0 Å². The highest BCUT2D eigenvalue weighted by molar-refractivity contribution is 7.41. The lowest BCUT2D eigenvalue weighted by Crippen LogP contribution is -2.66. The molecule has 0 aromatic heterocycles.